The van der Waals surface area contributed by atoms with Gasteiger partial charge in [-0.3, -0.25) is 9.69 Å². The van der Waals surface area contributed by atoms with E-state index in [9.17, 15) is 4.79 Å². The van der Waals surface area contributed by atoms with Crippen LogP contribution in [0.1, 0.15) is 16.9 Å². The molecule has 2 heterocycles. The maximum absolute atomic E-state index is 12.9. The van der Waals surface area contributed by atoms with E-state index >= 15 is 0 Å². The fourth-order valence-electron chi connectivity index (χ4n) is 2.77. The average Bonchev–Trinajstić information content (AvgIpc) is 3.27. The zero-order chi connectivity index (χ0) is 17.1. The van der Waals surface area contributed by atoms with Crippen LogP contribution in [0.5, 0.6) is 0 Å². The SMILES string of the molecule is O=C1/C(=C/c2ccccc2)N=C(c2ccccc2)N1Cc1ccco1. The lowest BCUT2D eigenvalue weighted by atomic mass is 10.2. The number of benzene rings is 2. The van der Waals surface area contributed by atoms with Gasteiger partial charge in [-0.15, -0.1) is 0 Å². The van der Waals surface area contributed by atoms with Gasteiger partial charge in [0.05, 0.1) is 12.8 Å². The molecule has 0 spiro atoms. The number of hydrogen-bond acceptors (Lipinski definition) is 3. The summed E-state index contributed by atoms with van der Waals surface area (Å²) in [4.78, 5) is 19.2. The Labute approximate surface area is 145 Å². The van der Waals surface area contributed by atoms with Crippen LogP contribution in [0.2, 0.25) is 0 Å². The molecule has 0 fully saturated rings. The Morgan fingerprint density at radius 2 is 1.64 bits per heavy atom. The number of hydrogen-bond donors (Lipinski definition) is 0. The van der Waals surface area contributed by atoms with Crippen molar-refractivity contribution in [2.45, 2.75) is 6.54 Å². The molecule has 1 aliphatic heterocycles. The fraction of sp³-hybridized carbons (Fsp3) is 0.0476. The first-order valence-corrected chi connectivity index (χ1v) is 8.06. The molecule has 4 nitrogen and oxygen atoms in total. The van der Waals surface area contributed by atoms with E-state index in [0.29, 0.717) is 18.1 Å². The minimum Gasteiger partial charge on any atom is -0.467 e. The molecule has 0 saturated heterocycles. The summed E-state index contributed by atoms with van der Waals surface area (Å²) in [6.45, 7) is 0.353. The summed E-state index contributed by atoms with van der Waals surface area (Å²) in [5.41, 5.74) is 2.28. The van der Waals surface area contributed by atoms with Crippen LogP contribution in [0.4, 0.5) is 0 Å². The number of amides is 1. The van der Waals surface area contributed by atoms with Crippen molar-refractivity contribution in [3.63, 3.8) is 0 Å². The third kappa shape index (κ3) is 3.15. The molecule has 4 heteroatoms. The number of amidine groups is 1. The van der Waals surface area contributed by atoms with E-state index < -0.39 is 0 Å². The highest BCUT2D eigenvalue weighted by Crippen LogP contribution is 2.24. The van der Waals surface area contributed by atoms with Crippen LogP contribution in [-0.2, 0) is 11.3 Å². The zero-order valence-electron chi connectivity index (χ0n) is 13.5. The average molecular weight is 328 g/mol. The zero-order valence-corrected chi connectivity index (χ0v) is 13.5. The summed E-state index contributed by atoms with van der Waals surface area (Å²) in [6, 6.07) is 23.1. The van der Waals surface area contributed by atoms with Crippen LogP contribution in [0.15, 0.2) is 94.2 Å². The van der Waals surface area contributed by atoms with Gasteiger partial charge >= 0.3 is 0 Å². The molecular formula is C21H16N2O2. The van der Waals surface area contributed by atoms with Crippen LogP contribution in [0.3, 0.4) is 0 Å². The summed E-state index contributed by atoms with van der Waals surface area (Å²) in [6.07, 6.45) is 3.42. The molecule has 0 bridgehead atoms. The monoisotopic (exact) mass is 328 g/mol. The molecule has 3 aromatic rings. The topological polar surface area (TPSA) is 45.8 Å². The molecule has 1 aromatic heterocycles. The minimum absolute atomic E-state index is 0.126. The van der Waals surface area contributed by atoms with Gasteiger partial charge in [0, 0.05) is 5.56 Å². The minimum atomic E-state index is -0.126. The van der Waals surface area contributed by atoms with E-state index in [-0.39, 0.29) is 5.91 Å². The van der Waals surface area contributed by atoms with Crippen molar-refractivity contribution in [3.8, 4) is 0 Å². The van der Waals surface area contributed by atoms with Gasteiger partial charge < -0.3 is 4.42 Å². The van der Waals surface area contributed by atoms with Crippen molar-refractivity contribution in [1.82, 2.24) is 4.90 Å². The van der Waals surface area contributed by atoms with Crippen LogP contribution in [-0.4, -0.2) is 16.6 Å². The van der Waals surface area contributed by atoms with Gasteiger partial charge in [0.2, 0.25) is 0 Å². The first-order chi connectivity index (χ1) is 12.3. The lowest BCUT2D eigenvalue weighted by Crippen LogP contribution is -2.32. The van der Waals surface area contributed by atoms with Crippen LogP contribution in [0.25, 0.3) is 6.08 Å². The molecule has 25 heavy (non-hydrogen) atoms. The van der Waals surface area contributed by atoms with Crippen molar-refractivity contribution >= 4 is 17.8 Å². The first-order valence-electron chi connectivity index (χ1n) is 8.06. The van der Waals surface area contributed by atoms with Gasteiger partial charge in [-0.25, -0.2) is 4.99 Å². The Hall–Kier alpha value is -3.40. The summed E-state index contributed by atoms with van der Waals surface area (Å²) >= 11 is 0. The molecule has 0 aliphatic carbocycles. The predicted octanol–water partition coefficient (Wildman–Crippen LogP) is 4.11. The molecule has 0 radical (unpaired) electrons. The van der Waals surface area contributed by atoms with Gasteiger partial charge in [-0.1, -0.05) is 60.7 Å². The first kappa shape index (κ1) is 15.1. The standard InChI is InChI=1S/C21H16N2O2/c24-21-19(14-16-8-3-1-4-9-16)22-20(17-10-5-2-6-11-17)23(21)15-18-12-7-13-25-18/h1-14H,15H2/b19-14-. The number of furan rings is 1. The molecular weight excluding hydrogens is 312 g/mol. The Kier molecular flexibility index (Phi) is 4.01. The molecule has 4 rings (SSSR count). The molecule has 2 aromatic carbocycles. The summed E-state index contributed by atoms with van der Waals surface area (Å²) in [5, 5.41) is 0. The number of aliphatic imine (C=N–C) groups is 1. The largest absolute Gasteiger partial charge is 0.467 e. The number of rotatable bonds is 4. The molecule has 122 valence electrons. The third-order valence-electron chi connectivity index (χ3n) is 3.98. The van der Waals surface area contributed by atoms with E-state index in [4.69, 9.17) is 4.42 Å². The van der Waals surface area contributed by atoms with Gasteiger partial charge in [0.25, 0.3) is 5.91 Å². The van der Waals surface area contributed by atoms with Gasteiger partial charge in [-0.05, 0) is 23.8 Å². The number of nitrogens with zero attached hydrogens (tertiary/aromatic N) is 2. The second-order valence-corrected chi connectivity index (χ2v) is 5.71. The van der Waals surface area contributed by atoms with Gasteiger partial charge in [-0.2, -0.15) is 0 Å². The van der Waals surface area contributed by atoms with E-state index in [1.54, 1.807) is 11.2 Å². The Morgan fingerprint density at radius 3 is 2.32 bits per heavy atom. The lowest BCUT2D eigenvalue weighted by Gasteiger charge is -2.16. The predicted molar refractivity (Wildman–Crippen MR) is 96.7 cm³/mol. The highest BCUT2D eigenvalue weighted by molar-refractivity contribution is 6.19. The Morgan fingerprint density at radius 1 is 0.920 bits per heavy atom. The summed E-state index contributed by atoms with van der Waals surface area (Å²) in [5.74, 6) is 1.24. The second kappa shape index (κ2) is 6.61. The quantitative estimate of drug-likeness (QED) is 0.677. The Bertz CT molecular complexity index is 927. The lowest BCUT2D eigenvalue weighted by molar-refractivity contribution is -0.123. The maximum Gasteiger partial charge on any atom is 0.278 e. The molecule has 0 saturated carbocycles. The molecule has 1 aliphatic rings. The van der Waals surface area contributed by atoms with E-state index in [2.05, 4.69) is 4.99 Å². The molecule has 0 N–H and O–H groups in total. The van der Waals surface area contributed by atoms with Crippen molar-refractivity contribution in [3.05, 3.63) is 102 Å². The molecule has 1 amide bonds. The second-order valence-electron chi connectivity index (χ2n) is 5.71. The third-order valence-corrected chi connectivity index (χ3v) is 3.98. The van der Waals surface area contributed by atoms with Crippen molar-refractivity contribution < 1.29 is 9.21 Å². The van der Waals surface area contributed by atoms with Crippen molar-refractivity contribution in [2.24, 2.45) is 4.99 Å². The van der Waals surface area contributed by atoms with Crippen molar-refractivity contribution in [2.75, 3.05) is 0 Å². The highest BCUT2D eigenvalue weighted by Gasteiger charge is 2.31. The summed E-state index contributed by atoms with van der Waals surface area (Å²) in [7, 11) is 0. The summed E-state index contributed by atoms with van der Waals surface area (Å²) < 4.78 is 5.41. The molecule has 0 unspecified atom stereocenters. The normalized spacial score (nSPS) is 15.7. The van der Waals surface area contributed by atoms with Crippen LogP contribution >= 0.6 is 0 Å². The van der Waals surface area contributed by atoms with E-state index in [1.807, 2.05) is 78.9 Å². The number of carbonyl (C=O) groups is 1. The van der Waals surface area contributed by atoms with Crippen LogP contribution < -0.4 is 0 Å². The van der Waals surface area contributed by atoms with E-state index in [1.165, 1.54) is 0 Å². The maximum atomic E-state index is 12.9. The van der Waals surface area contributed by atoms with E-state index in [0.717, 1.165) is 16.9 Å². The molecule has 0 atom stereocenters. The van der Waals surface area contributed by atoms with Crippen LogP contribution in [0, 0.1) is 0 Å². The Balaban J connectivity index is 1.74. The number of carbonyl (C=O) groups excluding carboxylic acids is 1. The van der Waals surface area contributed by atoms with Gasteiger partial charge in [0.15, 0.2) is 0 Å². The smallest absolute Gasteiger partial charge is 0.278 e. The highest BCUT2D eigenvalue weighted by atomic mass is 16.3. The fourth-order valence-corrected chi connectivity index (χ4v) is 2.77. The van der Waals surface area contributed by atoms with Gasteiger partial charge in [0.1, 0.15) is 17.3 Å². The van der Waals surface area contributed by atoms with Crippen molar-refractivity contribution in [1.29, 1.82) is 0 Å².